The van der Waals surface area contributed by atoms with Crippen LogP contribution in [0.3, 0.4) is 0 Å². The first-order valence-electron chi connectivity index (χ1n) is 7.02. The summed E-state index contributed by atoms with van der Waals surface area (Å²) in [5.74, 6) is -0.633. The number of aromatic amines is 1. The van der Waals surface area contributed by atoms with Gasteiger partial charge in [0.05, 0.1) is 27.8 Å². The third-order valence-electron chi connectivity index (χ3n) is 3.55. The lowest BCUT2D eigenvalue weighted by atomic mass is 10.2. The van der Waals surface area contributed by atoms with Crippen LogP contribution in [-0.4, -0.2) is 18.4 Å². The molecule has 0 unspecified atom stereocenters. The molecule has 120 valence electrons. The zero-order chi connectivity index (χ0) is 16.7. The van der Waals surface area contributed by atoms with Gasteiger partial charge in [0.1, 0.15) is 0 Å². The number of pyridine rings is 1. The fraction of sp³-hybridized carbons (Fsp3) is 0. The molecule has 0 atom stereocenters. The van der Waals surface area contributed by atoms with Gasteiger partial charge in [0, 0.05) is 11.5 Å². The minimum atomic E-state index is -3.83. The van der Waals surface area contributed by atoms with Gasteiger partial charge in [0.25, 0.3) is 10.0 Å². The van der Waals surface area contributed by atoms with Crippen LogP contribution in [0, 0.1) is 0 Å². The Morgan fingerprint density at radius 3 is 2.79 bits per heavy atom. The third kappa shape index (κ3) is 2.52. The fourth-order valence-electron chi connectivity index (χ4n) is 2.43. The monoisotopic (exact) mass is 341 g/mol. The molecular formula is C16H11N3O4S. The number of hydrogen-bond acceptors (Lipinski definition) is 5. The molecule has 0 aliphatic carbocycles. The summed E-state index contributed by atoms with van der Waals surface area (Å²) in [7, 11) is -3.83. The fourth-order valence-corrected chi connectivity index (χ4v) is 3.48. The summed E-state index contributed by atoms with van der Waals surface area (Å²) in [4.78, 5) is 17.8. The molecule has 0 bridgehead atoms. The van der Waals surface area contributed by atoms with Crippen molar-refractivity contribution in [2.24, 2.45) is 0 Å². The summed E-state index contributed by atoms with van der Waals surface area (Å²) in [6, 6.07) is 13.3. The lowest BCUT2D eigenvalue weighted by Crippen LogP contribution is -2.13. The van der Waals surface area contributed by atoms with Crippen LogP contribution in [0.1, 0.15) is 0 Å². The van der Waals surface area contributed by atoms with E-state index in [4.69, 9.17) is 4.42 Å². The Morgan fingerprint density at radius 1 is 1.08 bits per heavy atom. The SMILES string of the molecule is O=c1[nH]c2ccc(S(=O)(=O)Nc3cnc4ccccc4c3)cc2o1. The van der Waals surface area contributed by atoms with Gasteiger partial charge in [-0.15, -0.1) is 0 Å². The Morgan fingerprint density at radius 2 is 1.92 bits per heavy atom. The zero-order valence-electron chi connectivity index (χ0n) is 12.2. The summed E-state index contributed by atoms with van der Waals surface area (Å²) >= 11 is 0. The number of benzene rings is 2. The van der Waals surface area contributed by atoms with Crippen LogP contribution in [0.4, 0.5) is 5.69 Å². The number of hydrogen-bond donors (Lipinski definition) is 2. The normalized spacial score (nSPS) is 11.8. The molecule has 2 aromatic carbocycles. The highest BCUT2D eigenvalue weighted by atomic mass is 32.2. The number of nitrogens with one attached hydrogen (secondary N) is 2. The first kappa shape index (κ1) is 14.5. The van der Waals surface area contributed by atoms with Crippen LogP contribution in [0.2, 0.25) is 0 Å². The Bertz CT molecular complexity index is 1220. The summed E-state index contributed by atoms with van der Waals surface area (Å²) in [5, 5.41) is 0.824. The molecule has 0 amide bonds. The summed E-state index contributed by atoms with van der Waals surface area (Å²) in [6.07, 6.45) is 1.45. The Kier molecular flexibility index (Phi) is 3.14. The maximum Gasteiger partial charge on any atom is 0.417 e. The van der Waals surface area contributed by atoms with Crippen molar-refractivity contribution in [3.63, 3.8) is 0 Å². The van der Waals surface area contributed by atoms with Crippen LogP contribution in [0.5, 0.6) is 0 Å². The molecule has 2 N–H and O–H groups in total. The predicted molar refractivity (Wildman–Crippen MR) is 89.4 cm³/mol. The standard InChI is InChI=1S/C16H11N3O4S/c20-16-18-14-6-5-12(8-15(14)23-16)24(21,22)19-11-7-10-3-1-2-4-13(10)17-9-11/h1-9,19H,(H,18,20). The average Bonchev–Trinajstić information content (AvgIpc) is 2.93. The van der Waals surface area contributed by atoms with Crippen LogP contribution in [0.25, 0.3) is 22.0 Å². The highest BCUT2D eigenvalue weighted by molar-refractivity contribution is 7.92. The molecule has 0 spiro atoms. The molecule has 2 aromatic heterocycles. The second-order valence-corrected chi connectivity index (χ2v) is 6.88. The first-order valence-corrected chi connectivity index (χ1v) is 8.50. The zero-order valence-corrected chi connectivity index (χ0v) is 13.0. The number of nitrogens with zero attached hydrogens (tertiary/aromatic N) is 1. The van der Waals surface area contributed by atoms with Crippen LogP contribution in [0.15, 0.2) is 68.8 Å². The van der Waals surface area contributed by atoms with Crippen LogP contribution in [-0.2, 0) is 10.0 Å². The Labute approximate surface area is 136 Å². The molecule has 0 saturated carbocycles. The van der Waals surface area contributed by atoms with Crippen molar-refractivity contribution < 1.29 is 12.8 Å². The van der Waals surface area contributed by atoms with E-state index in [1.54, 1.807) is 6.07 Å². The lowest BCUT2D eigenvalue weighted by Gasteiger charge is -2.08. The van der Waals surface area contributed by atoms with E-state index in [9.17, 15) is 13.2 Å². The first-order chi connectivity index (χ1) is 11.5. The molecule has 7 nitrogen and oxygen atoms in total. The number of oxazole rings is 1. The van der Waals surface area contributed by atoms with Gasteiger partial charge in [0.15, 0.2) is 5.58 Å². The molecule has 8 heteroatoms. The molecule has 2 heterocycles. The summed E-state index contributed by atoms with van der Waals surface area (Å²) in [6.45, 7) is 0. The number of fused-ring (bicyclic) bond motifs is 2. The van der Waals surface area contributed by atoms with Crippen molar-refractivity contribution in [3.8, 4) is 0 Å². The van der Waals surface area contributed by atoms with Gasteiger partial charge in [-0.25, -0.2) is 13.2 Å². The van der Waals surface area contributed by atoms with E-state index in [0.29, 0.717) is 11.2 Å². The second-order valence-electron chi connectivity index (χ2n) is 5.19. The van der Waals surface area contributed by atoms with E-state index in [-0.39, 0.29) is 10.5 Å². The third-order valence-corrected chi connectivity index (χ3v) is 4.92. The minimum absolute atomic E-state index is 0.00842. The molecule has 4 rings (SSSR count). The minimum Gasteiger partial charge on any atom is -0.408 e. The van der Waals surface area contributed by atoms with Gasteiger partial charge in [-0.2, -0.15) is 0 Å². The predicted octanol–water partition coefficient (Wildman–Crippen LogP) is 2.47. The number of aromatic nitrogens is 2. The molecule has 24 heavy (non-hydrogen) atoms. The van der Waals surface area contributed by atoms with E-state index in [1.165, 1.54) is 24.4 Å². The molecule has 4 aromatic rings. The quantitative estimate of drug-likeness (QED) is 0.595. The van der Waals surface area contributed by atoms with Crippen molar-refractivity contribution in [3.05, 3.63) is 65.3 Å². The molecule has 0 aliphatic rings. The molecule has 0 aliphatic heterocycles. The number of H-pyrrole nitrogens is 1. The van der Waals surface area contributed by atoms with Gasteiger partial charge in [0.2, 0.25) is 0 Å². The smallest absolute Gasteiger partial charge is 0.408 e. The highest BCUT2D eigenvalue weighted by Crippen LogP contribution is 2.21. The summed E-state index contributed by atoms with van der Waals surface area (Å²) < 4.78 is 32.4. The maximum absolute atomic E-state index is 12.5. The lowest BCUT2D eigenvalue weighted by molar-refractivity contribution is 0.554. The Balaban J connectivity index is 1.73. The Hall–Kier alpha value is -3.13. The van der Waals surface area contributed by atoms with Gasteiger partial charge in [-0.05, 0) is 24.3 Å². The highest BCUT2D eigenvalue weighted by Gasteiger charge is 2.16. The van der Waals surface area contributed by atoms with Crippen LogP contribution < -0.4 is 10.5 Å². The summed E-state index contributed by atoms with van der Waals surface area (Å²) in [5.41, 5.74) is 1.74. The molecule has 0 radical (unpaired) electrons. The molecule has 0 fully saturated rings. The van der Waals surface area contributed by atoms with Crippen molar-refractivity contribution in [2.45, 2.75) is 4.90 Å². The van der Waals surface area contributed by atoms with Gasteiger partial charge >= 0.3 is 5.76 Å². The average molecular weight is 341 g/mol. The van der Waals surface area contributed by atoms with Gasteiger partial charge in [-0.1, -0.05) is 18.2 Å². The second kappa shape index (κ2) is 5.20. The van der Waals surface area contributed by atoms with E-state index in [2.05, 4.69) is 14.7 Å². The van der Waals surface area contributed by atoms with E-state index in [1.807, 2.05) is 24.3 Å². The van der Waals surface area contributed by atoms with Crippen LogP contribution >= 0.6 is 0 Å². The number of rotatable bonds is 3. The van der Waals surface area contributed by atoms with Gasteiger partial charge in [-0.3, -0.25) is 14.7 Å². The maximum atomic E-state index is 12.5. The number of para-hydroxylation sites is 1. The van der Waals surface area contributed by atoms with Gasteiger partial charge < -0.3 is 4.42 Å². The van der Waals surface area contributed by atoms with E-state index >= 15 is 0 Å². The van der Waals surface area contributed by atoms with Crippen molar-refractivity contribution >= 4 is 37.7 Å². The number of anilines is 1. The number of sulfonamides is 1. The van der Waals surface area contributed by atoms with E-state index < -0.39 is 15.8 Å². The van der Waals surface area contributed by atoms with Crippen molar-refractivity contribution in [2.75, 3.05) is 4.72 Å². The van der Waals surface area contributed by atoms with E-state index in [0.717, 1.165) is 10.9 Å². The van der Waals surface area contributed by atoms with Crippen molar-refractivity contribution in [1.29, 1.82) is 0 Å². The molecular weight excluding hydrogens is 330 g/mol. The van der Waals surface area contributed by atoms with Crippen molar-refractivity contribution in [1.82, 2.24) is 9.97 Å². The largest absolute Gasteiger partial charge is 0.417 e. The molecule has 0 saturated heterocycles. The topological polar surface area (TPSA) is 105 Å².